The largest absolute Gasteiger partial charge is 0.309 e. The maximum Gasteiger partial charge on any atom is 0.127 e. The number of hydrogen-bond donors (Lipinski definition) is 1. The van der Waals surface area contributed by atoms with Crippen molar-refractivity contribution in [1.82, 2.24) is 5.32 Å². The molecule has 0 bridgehead atoms. The molecule has 0 saturated heterocycles. The summed E-state index contributed by atoms with van der Waals surface area (Å²) in [7, 11) is 0. The fourth-order valence-electron chi connectivity index (χ4n) is 2.64. The summed E-state index contributed by atoms with van der Waals surface area (Å²) < 4.78 is 13.6. The van der Waals surface area contributed by atoms with Crippen molar-refractivity contribution < 1.29 is 4.39 Å². The molecule has 3 heteroatoms. The van der Waals surface area contributed by atoms with Crippen LogP contribution in [0, 0.1) is 29.0 Å². The molecule has 0 aromatic heterocycles. The van der Waals surface area contributed by atoms with Gasteiger partial charge in [-0.1, -0.05) is 0 Å². The van der Waals surface area contributed by atoms with Gasteiger partial charge in [0.05, 0.1) is 11.6 Å². The molecule has 2 nitrogen and oxygen atoms in total. The molecule has 0 radical (unpaired) electrons. The highest BCUT2D eigenvalue weighted by atomic mass is 19.1. The maximum absolute atomic E-state index is 13.6. The Kier molecular flexibility index (Phi) is 3.05. The van der Waals surface area contributed by atoms with Crippen LogP contribution in [-0.4, -0.2) is 6.04 Å². The predicted molar refractivity (Wildman–Crippen MR) is 67.2 cm³/mol. The molecule has 2 fully saturated rings. The lowest BCUT2D eigenvalue weighted by Gasteiger charge is -2.18. The Morgan fingerprint density at radius 2 is 1.94 bits per heavy atom. The van der Waals surface area contributed by atoms with Crippen LogP contribution in [-0.2, 0) is 6.54 Å². The topological polar surface area (TPSA) is 35.8 Å². The number of nitriles is 1. The summed E-state index contributed by atoms with van der Waals surface area (Å²) in [6, 6.07) is 7.19. The number of nitrogens with zero attached hydrogens (tertiary/aromatic N) is 1. The van der Waals surface area contributed by atoms with Crippen LogP contribution in [0.25, 0.3) is 0 Å². The molecule has 18 heavy (non-hydrogen) atoms. The molecule has 0 heterocycles. The third kappa shape index (κ3) is 2.54. The van der Waals surface area contributed by atoms with Crippen molar-refractivity contribution in [3.63, 3.8) is 0 Å². The van der Waals surface area contributed by atoms with E-state index in [2.05, 4.69) is 11.4 Å². The Balaban J connectivity index is 1.66. The molecule has 0 amide bonds. The van der Waals surface area contributed by atoms with Crippen molar-refractivity contribution in [3.8, 4) is 6.07 Å². The van der Waals surface area contributed by atoms with Crippen molar-refractivity contribution in [1.29, 1.82) is 5.26 Å². The Morgan fingerprint density at radius 3 is 2.50 bits per heavy atom. The van der Waals surface area contributed by atoms with Crippen LogP contribution in [0.3, 0.4) is 0 Å². The van der Waals surface area contributed by atoms with Crippen molar-refractivity contribution in [2.24, 2.45) is 11.8 Å². The summed E-state index contributed by atoms with van der Waals surface area (Å²) in [5, 5.41) is 12.3. The van der Waals surface area contributed by atoms with Crippen LogP contribution in [0.15, 0.2) is 18.2 Å². The highest BCUT2D eigenvalue weighted by Crippen LogP contribution is 2.44. The van der Waals surface area contributed by atoms with Crippen LogP contribution in [0.1, 0.15) is 36.8 Å². The number of rotatable bonds is 5. The van der Waals surface area contributed by atoms with Crippen molar-refractivity contribution in [2.75, 3.05) is 0 Å². The standard InChI is InChI=1S/C15H17FN2/c16-14-6-1-10(8-17)7-13(14)9-18-15(11-2-3-11)12-4-5-12/h1,6-7,11-12,15,18H,2-5,9H2. The van der Waals surface area contributed by atoms with E-state index in [0.29, 0.717) is 23.7 Å². The van der Waals surface area contributed by atoms with E-state index in [1.165, 1.54) is 37.8 Å². The summed E-state index contributed by atoms with van der Waals surface area (Å²) in [6.07, 6.45) is 5.26. The first-order chi connectivity index (χ1) is 8.78. The lowest BCUT2D eigenvalue weighted by molar-refractivity contribution is 0.411. The van der Waals surface area contributed by atoms with Crippen LogP contribution in [0.4, 0.5) is 4.39 Å². The van der Waals surface area contributed by atoms with Gasteiger partial charge in [-0.15, -0.1) is 0 Å². The Hall–Kier alpha value is -1.40. The van der Waals surface area contributed by atoms with Crippen molar-refractivity contribution in [3.05, 3.63) is 35.1 Å². The summed E-state index contributed by atoms with van der Waals surface area (Å²) in [5.74, 6) is 1.39. The molecular formula is C15H17FN2. The van der Waals surface area contributed by atoms with Gasteiger partial charge in [-0.25, -0.2) is 4.39 Å². The van der Waals surface area contributed by atoms with Crippen LogP contribution >= 0.6 is 0 Å². The Bertz CT molecular complexity index is 472. The third-order valence-electron chi connectivity index (χ3n) is 3.96. The molecule has 0 aliphatic heterocycles. The van der Waals surface area contributed by atoms with E-state index >= 15 is 0 Å². The molecule has 1 N–H and O–H groups in total. The van der Waals surface area contributed by atoms with Crippen molar-refractivity contribution in [2.45, 2.75) is 38.3 Å². The number of hydrogen-bond acceptors (Lipinski definition) is 2. The molecule has 2 saturated carbocycles. The summed E-state index contributed by atoms with van der Waals surface area (Å²) in [5.41, 5.74) is 1.14. The van der Waals surface area contributed by atoms with Gasteiger partial charge in [0.25, 0.3) is 0 Å². The zero-order valence-corrected chi connectivity index (χ0v) is 10.3. The van der Waals surface area contributed by atoms with Gasteiger partial charge in [0, 0.05) is 18.2 Å². The quantitative estimate of drug-likeness (QED) is 0.864. The van der Waals surface area contributed by atoms with Gasteiger partial charge in [0.15, 0.2) is 0 Å². The number of halogens is 1. The fourth-order valence-corrected chi connectivity index (χ4v) is 2.64. The highest BCUT2D eigenvalue weighted by molar-refractivity contribution is 5.33. The van der Waals surface area contributed by atoms with Gasteiger partial charge >= 0.3 is 0 Å². The summed E-state index contributed by atoms with van der Waals surface area (Å²) >= 11 is 0. The molecule has 3 rings (SSSR count). The Morgan fingerprint density at radius 1 is 1.28 bits per heavy atom. The van der Waals surface area contributed by atoms with E-state index in [4.69, 9.17) is 5.26 Å². The van der Waals surface area contributed by atoms with Gasteiger partial charge in [-0.3, -0.25) is 0 Å². The minimum atomic E-state index is -0.216. The fraction of sp³-hybridized carbons (Fsp3) is 0.533. The molecule has 1 aromatic rings. The lowest BCUT2D eigenvalue weighted by Crippen LogP contribution is -2.32. The van der Waals surface area contributed by atoms with Gasteiger partial charge in [0.1, 0.15) is 5.82 Å². The molecule has 0 spiro atoms. The third-order valence-corrected chi connectivity index (χ3v) is 3.96. The first-order valence-electron chi connectivity index (χ1n) is 6.70. The minimum absolute atomic E-state index is 0.216. The average molecular weight is 244 g/mol. The second-order valence-electron chi connectivity index (χ2n) is 5.50. The van der Waals surface area contributed by atoms with E-state index in [1.807, 2.05) is 0 Å². The number of nitrogens with one attached hydrogen (secondary N) is 1. The molecule has 2 aliphatic carbocycles. The predicted octanol–water partition coefficient (Wildman–Crippen LogP) is 2.98. The summed E-state index contributed by atoms with van der Waals surface area (Å²) in [6.45, 7) is 0.541. The lowest BCUT2D eigenvalue weighted by atomic mass is 10.1. The van der Waals surface area contributed by atoms with Crippen LogP contribution in [0.5, 0.6) is 0 Å². The molecule has 0 atom stereocenters. The smallest absolute Gasteiger partial charge is 0.127 e. The van der Waals surface area contributed by atoms with E-state index < -0.39 is 0 Å². The molecule has 0 unspecified atom stereocenters. The molecule has 94 valence electrons. The normalized spacial score (nSPS) is 18.9. The zero-order valence-electron chi connectivity index (χ0n) is 10.3. The Labute approximate surface area is 107 Å². The first-order valence-corrected chi connectivity index (χ1v) is 6.70. The van der Waals surface area contributed by atoms with Crippen LogP contribution < -0.4 is 5.32 Å². The second kappa shape index (κ2) is 4.70. The second-order valence-corrected chi connectivity index (χ2v) is 5.50. The summed E-state index contributed by atoms with van der Waals surface area (Å²) in [4.78, 5) is 0. The van der Waals surface area contributed by atoms with Gasteiger partial charge < -0.3 is 5.32 Å². The zero-order chi connectivity index (χ0) is 12.5. The monoisotopic (exact) mass is 244 g/mol. The SMILES string of the molecule is N#Cc1ccc(F)c(CNC(C2CC2)C2CC2)c1. The van der Waals surface area contributed by atoms with Gasteiger partial charge in [0.2, 0.25) is 0 Å². The first kappa shape index (κ1) is 11.7. The molecular weight excluding hydrogens is 227 g/mol. The maximum atomic E-state index is 13.6. The van der Waals surface area contributed by atoms with E-state index in [1.54, 1.807) is 6.07 Å². The average Bonchev–Trinajstić information content (AvgIpc) is 3.25. The molecule has 2 aliphatic rings. The number of benzene rings is 1. The van der Waals surface area contributed by atoms with E-state index in [9.17, 15) is 4.39 Å². The minimum Gasteiger partial charge on any atom is -0.309 e. The highest BCUT2D eigenvalue weighted by Gasteiger charge is 2.40. The van der Waals surface area contributed by atoms with Crippen LogP contribution in [0.2, 0.25) is 0 Å². The van der Waals surface area contributed by atoms with Crippen molar-refractivity contribution >= 4 is 0 Å². The van der Waals surface area contributed by atoms with E-state index in [-0.39, 0.29) is 5.82 Å². The van der Waals surface area contributed by atoms with E-state index in [0.717, 1.165) is 11.8 Å². The van der Waals surface area contributed by atoms with Gasteiger partial charge in [-0.05, 0) is 55.7 Å². The van der Waals surface area contributed by atoms with Gasteiger partial charge in [-0.2, -0.15) is 5.26 Å². The molecule has 1 aromatic carbocycles.